The number of likely N-dealkylation sites (tertiary alicyclic amines) is 1. The van der Waals surface area contributed by atoms with Crippen molar-refractivity contribution in [2.75, 3.05) is 19.7 Å². The molecule has 0 unspecified atom stereocenters. The summed E-state index contributed by atoms with van der Waals surface area (Å²) in [4.78, 5) is 13.2. The minimum absolute atomic E-state index is 0.100. The van der Waals surface area contributed by atoms with Crippen LogP contribution in [0, 0.1) is 0 Å². The molecule has 4 heteroatoms. The Balaban J connectivity index is 2.31. The van der Waals surface area contributed by atoms with Crippen molar-refractivity contribution in [3.8, 4) is 0 Å². The molecule has 0 aromatic rings. The lowest BCUT2D eigenvalue weighted by Gasteiger charge is -2.34. The van der Waals surface area contributed by atoms with Gasteiger partial charge in [-0.25, -0.2) is 4.79 Å². The molecule has 1 aliphatic rings. The molecule has 1 aliphatic heterocycles. The normalized spacial score (nSPS) is 18.6. The van der Waals surface area contributed by atoms with Gasteiger partial charge in [-0.1, -0.05) is 0 Å². The summed E-state index contributed by atoms with van der Waals surface area (Å²) in [7, 11) is 0. The van der Waals surface area contributed by atoms with E-state index in [2.05, 4.69) is 20.8 Å². The van der Waals surface area contributed by atoms with Crippen LogP contribution in [0.25, 0.3) is 0 Å². The third kappa shape index (κ3) is 4.39. The number of nitrogens with zero attached hydrogens (tertiary/aromatic N) is 1. The van der Waals surface area contributed by atoms with Gasteiger partial charge in [0.2, 0.25) is 0 Å². The Morgan fingerprint density at radius 3 is 2.31 bits per heavy atom. The molecule has 1 amide bonds. The molecule has 94 valence electrons. The molecule has 16 heavy (non-hydrogen) atoms. The second-order valence-electron chi connectivity index (χ2n) is 5.12. The highest BCUT2D eigenvalue weighted by molar-refractivity contribution is 5.67. The molecule has 0 spiro atoms. The maximum Gasteiger partial charge on any atom is 0.409 e. The fourth-order valence-corrected chi connectivity index (χ4v) is 1.87. The lowest BCUT2D eigenvalue weighted by atomic mass is 10.1. The molecule has 1 saturated heterocycles. The quantitative estimate of drug-likeness (QED) is 0.730. The van der Waals surface area contributed by atoms with Gasteiger partial charge >= 0.3 is 6.09 Å². The van der Waals surface area contributed by atoms with Gasteiger partial charge in [0, 0.05) is 13.1 Å². The van der Waals surface area contributed by atoms with Crippen LogP contribution in [0.2, 0.25) is 0 Å². The van der Waals surface area contributed by atoms with E-state index in [0.29, 0.717) is 6.61 Å². The van der Waals surface area contributed by atoms with Gasteiger partial charge < -0.3 is 14.4 Å². The van der Waals surface area contributed by atoms with Crippen LogP contribution in [0.3, 0.4) is 0 Å². The smallest absolute Gasteiger partial charge is 0.409 e. The fourth-order valence-electron chi connectivity index (χ4n) is 1.87. The second-order valence-corrected chi connectivity index (χ2v) is 5.12. The number of rotatable bonds is 2. The van der Waals surface area contributed by atoms with Crippen LogP contribution in [-0.2, 0) is 9.47 Å². The topological polar surface area (TPSA) is 38.8 Å². The molecule has 0 bridgehead atoms. The van der Waals surface area contributed by atoms with Crippen LogP contribution < -0.4 is 0 Å². The molecule has 0 radical (unpaired) electrons. The maximum absolute atomic E-state index is 11.5. The summed E-state index contributed by atoms with van der Waals surface area (Å²) in [6.07, 6.45) is 1.87. The van der Waals surface area contributed by atoms with Gasteiger partial charge in [-0.3, -0.25) is 0 Å². The van der Waals surface area contributed by atoms with Gasteiger partial charge in [-0.2, -0.15) is 0 Å². The first-order valence-electron chi connectivity index (χ1n) is 6.02. The van der Waals surface area contributed by atoms with Gasteiger partial charge in [0.1, 0.15) is 0 Å². The first kappa shape index (κ1) is 13.3. The van der Waals surface area contributed by atoms with Gasteiger partial charge in [0.05, 0.1) is 18.3 Å². The lowest BCUT2D eigenvalue weighted by Crippen LogP contribution is -2.43. The summed E-state index contributed by atoms with van der Waals surface area (Å²) < 4.78 is 10.9. The van der Waals surface area contributed by atoms with Crippen molar-refractivity contribution in [2.45, 2.75) is 52.2 Å². The van der Waals surface area contributed by atoms with Gasteiger partial charge in [0.25, 0.3) is 0 Å². The highest BCUT2D eigenvalue weighted by Crippen LogP contribution is 2.20. The van der Waals surface area contributed by atoms with E-state index in [9.17, 15) is 4.79 Å². The minimum Gasteiger partial charge on any atom is -0.450 e. The molecule has 1 rings (SSSR count). The Morgan fingerprint density at radius 2 is 1.88 bits per heavy atom. The summed E-state index contributed by atoms with van der Waals surface area (Å²) in [6, 6.07) is 0. The molecular weight excluding hydrogens is 206 g/mol. The monoisotopic (exact) mass is 229 g/mol. The van der Waals surface area contributed by atoms with E-state index in [0.717, 1.165) is 25.9 Å². The molecular formula is C12H23NO3. The zero-order valence-electron chi connectivity index (χ0n) is 10.8. The van der Waals surface area contributed by atoms with E-state index >= 15 is 0 Å². The average Bonchev–Trinajstić information content (AvgIpc) is 2.16. The van der Waals surface area contributed by atoms with Crippen LogP contribution in [0.4, 0.5) is 4.79 Å². The number of hydrogen-bond acceptors (Lipinski definition) is 3. The fraction of sp³-hybridized carbons (Fsp3) is 0.917. The van der Waals surface area contributed by atoms with Crippen molar-refractivity contribution in [3.63, 3.8) is 0 Å². The van der Waals surface area contributed by atoms with Crippen LogP contribution in [0.15, 0.2) is 0 Å². The van der Waals surface area contributed by atoms with Crippen molar-refractivity contribution < 1.29 is 14.3 Å². The minimum atomic E-state index is -0.197. The summed E-state index contributed by atoms with van der Waals surface area (Å²) in [5.74, 6) is 0. The summed E-state index contributed by atoms with van der Waals surface area (Å²) in [6.45, 7) is 9.92. The molecule has 0 aliphatic carbocycles. The predicted molar refractivity (Wildman–Crippen MR) is 62.5 cm³/mol. The lowest BCUT2D eigenvalue weighted by molar-refractivity contribution is -0.0803. The standard InChI is InChI=1S/C12H23NO3/c1-5-15-11(14)13-8-6-10(7-9-13)16-12(2,3)4/h10H,5-9H2,1-4H3. The molecule has 0 aromatic carbocycles. The Bertz CT molecular complexity index is 227. The Hall–Kier alpha value is -0.770. The van der Waals surface area contributed by atoms with Crippen molar-refractivity contribution in [3.05, 3.63) is 0 Å². The van der Waals surface area contributed by atoms with Crippen LogP contribution in [-0.4, -0.2) is 42.4 Å². The molecule has 1 fully saturated rings. The molecule has 1 heterocycles. The number of ether oxygens (including phenoxy) is 2. The van der Waals surface area contributed by atoms with Crippen molar-refractivity contribution in [1.29, 1.82) is 0 Å². The Labute approximate surface area is 97.9 Å². The first-order valence-corrected chi connectivity index (χ1v) is 6.02. The Kier molecular flexibility index (Phi) is 4.59. The highest BCUT2D eigenvalue weighted by atomic mass is 16.6. The second kappa shape index (κ2) is 5.53. The molecule has 0 N–H and O–H groups in total. The van der Waals surface area contributed by atoms with E-state index in [1.54, 1.807) is 4.90 Å². The number of carbonyl (C=O) groups is 1. The Morgan fingerprint density at radius 1 is 1.31 bits per heavy atom. The van der Waals surface area contributed by atoms with Crippen LogP contribution in [0.5, 0.6) is 0 Å². The van der Waals surface area contributed by atoms with Crippen LogP contribution >= 0.6 is 0 Å². The zero-order valence-corrected chi connectivity index (χ0v) is 10.8. The van der Waals surface area contributed by atoms with E-state index in [-0.39, 0.29) is 17.8 Å². The van der Waals surface area contributed by atoms with Gasteiger partial charge in [0.15, 0.2) is 0 Å². The number of hydrogen-bond donors (Lipinski definition) is 0. The van der Waals surface area contributed by atoms with Crippen molar-refractivity contribution in [1.82, 2.24) is 4.90 Å². The molecule has 0 saturated carbocycles. The SMILES string of the molecule is CCOC(=O)N1CCC(OC(C)(C)C)CC1. The maximum atomic E-state index is 11.5. The molecule has 4 nitrogen and oxygen atoms in total. The number of piperidine rings is 1. The third-order valence-corrected chi connectivity index (χ3v) is 2.49. The summed E-state index contributed by atoms with van der Waals surface area (Å²) in [5.41, 5.74) is -0.100. The van der Waals surface area contributed by atoms with Gasteiger partial charge in [-0.15, -0.1) is 0 Å². The van der Waals surface area contributed by atoms with E-state index in [4.69, 9.17) is 9.47 Å². The predicted octanol–water partition coefficient (Wildman–Crippen LogP) is 2.42. The van der Waals surface area contributed by atoms with Gasteiger partial charge in [-0.05, 0) is 40.5 Å². The van der Waals surface area contributed by atoms with E-state index < -0.39 is 0 Å². The molecule has 0 aromatic heterocycles. The van der Waals surface area contributed by atoms with E-state index in [1.807, 2.05) is 6.92 Å². The van der Waals surface area contributed by atoms with Crippen molar-refractivity contribution >= 4 is 6.09 Å². The van der Waals surface area contributed by atoms with Crippen LogP contribution in [0.1, 0.15) is 40.5 Å². The van der Waals surface area contributed by atoms with E-state index in [1.165, 1.54) is 0 Å². The largest absolute Gasteiger partial charge is 0.450 e. The number of carbonyl (C=O) groups excluding carboxylic acids is 1. The highest BCUT2D eigenvalue weighted by Gasteiger charge is 2.26. The van der Waals surface area contributed by atoms with Crippen molar-refractivity contribution in [2.24, 2.45) is 0 Å². The third-order valence-electron chi connectivity index (χ3n) is 2.49. The zero-order chi connectivity index (χ0) is 12.2. The summed E-state index contributed by atoms with van der Waals surface area (Å²) in [5, 5.41) is 0. The molecule has 0 atom stereocenters. The number of amides is 1. The first-order chi connectivity index (χ1) is 7.42. The average molecular weight is 229 g/mol. The summed E-state index contributed by atoms with van der Waals surface area (Å²) >= 11 is 0.